The summed E-state index contributed by atoms with van der Waals surface area (Å²) in [5.74, 6) is 0. The van der Waals surface area contributed by atoms with E-state index in [4.69, 9.17) is 0 Å². The van der Waals surface area contributed by atoms with Gasteiger partial charge in [-0.3, -0.25) is 9.36 Å². The van der Waals surface area contributed by atoms with Gasteiger partial charge in [0.1, 0.15) is 4.47 Å². The molecule has 0 aliphatic heterocycles. The number of hydrogen-bond donors (Lipinski definition) is 1. The highest BCUT2D eigenvalue weighted by molar-refractivity contribution is 9.10. The summed E-state index contributed by atoms with van der Waals surface area (Å²) >= 11 is 4.82. The van der Waals surface area contributed by atoms with Gasteiger partial charge >= 0.3 is 0 Å². The SMILES string of the molecule is CCCNc1ncc(Cn2cnc(C)c(Br)c2=O)s1. The fraction of sp³-hybridized carbons (Fsp3) is 0.417. The molecule has 0 amide bonds. The largest absolute Gasteiger partial charge is 0.362 e. The molecule has 0 saturated carbocycles. The maximum absolute atomic E-state index is 12.0. The monoisotopic (exact) mass is 342 g/mol. The Labute approximate surface area is 123 Å². The fourth-order valence-electron chi connectivity index (χ4n) is 1.52. The first-order valence-corrected chi connectivity index (χ1v) is 7.63. The molecule has 0 radical (unpaired) electrons. The van der Waals surface area contributed by atoms with Crippen LogP contribution in [-0.4, -0.2) is 21.1 Å². The minimum absolute atomic E-state index is 0.0658. The summed E-state index contributed by atoms with van der Waals surface area (Å²) in [4.78, 5) is 21.5. The van der Waals surface area contributed by atoms with Crippen molar-refractivity contribution in [3.05, 3.63) is 37.9 Å². The molecule has 1 N–H and O–H groups in total. The van der Waals surface area contributed by atoms with Crippen LogP contribution in [0.25, 0.3) is 0 Å². The van der Waals surface area contributed by atoms with Gasteiger partial charge in [0.2, 0.25) is 0 Å². The molecule has 7 heteroatoms. The van der Waals surface area contributed by atoms with Crippen molar-refractivity contribution >= 4 is 32.4 Å². The number of nitrogens with one attached hydrogen (secondary N) is 1. The molecular formula is C12H15BrN4OS. The molecule has 0 aromatic carbocycles. The first-order chi connectivity index (χ1) is 9.11. The van der Waals surface area contributed by atoms with Gasteiger partial charge in [0.25, 0.3) is 5.56 Å². The highest BCUT2D eigenvalue weighted by Gasteiger charge is 2.08. The Bertz CT molecular complexity index is 622. The minimum Gasteiger partial charge on any atom is -0.362 e. The fourth-order valence-corrected chi connectivity index (χ4v) is 2.69. The molecular weight excluding hydrogens is 328 g/mol. The van der Waals surface area contributed by atoms with Crippen molar-refractivity contribution in [2.45, 2.75) is 26.8 Å². The zero-order valence-electron chi connectivity index (χ0n) is 10.8. The lowest BCUT2D eigenvalue weighted by Gasteiger charge is -2.04. The van der Waals surface area contributed by atoms with Crippen molar-refractivity contribution in [3.63, 3.8) is 0 Å². The second-order valence-electron chi connectivity index (χ2n) is 4.14. The van der Waals surface area contributed by atoms with Crippen LogP contribution in [0, 0.1) is 6.92 Å². The van der Waals surface area contributed by atoms with Gasteiger partial charge < -0.3 is 5.32 Å². The molecule has 0 atom stereocenters. The van der Waals surface area contributed by atoms with Crippen molar-refractivity contribution in [3.8, 4) is 0 Å². The Hall–Kier alpha value is -1.21. The van der Waals surface area contributed by atoms with Gasteiger partial charge in [0.15, 0.2) is 5.13 Å². The van der Waals surface area contributed by atoms with Gasteiger partial charge in [-0.15, -0.1) is 11.3 Å². The molecule has 0 aliphatic rings. The van der Waals surface area contributed by atoms with Crippen molar-refractivity contribution in [2.24, 2.45) is 0 Å². The summed E-state index contributed by atoms with van der Waals surface area (Å²) in [5.41, 5.74) is 0.639. The van der Waals surface area contributed by atoms with Crippen LogP contribution in [0.4, 0.5) is 5.13 Å². The van der Waals surface area contributed by atoms with E-state index in [1.54, 1.807) is 35.4 Å². The van der Waals surface area contributed by atoms with E-state index in [2.05, 4.69) is 38.1 Å². The first-order valence-electron chi connectivity index (χ1n) is 6.02. The van der Waals surface area contributed by atoms with E-state index in [0.29, 0.717) is 16.7 Å². The summed E-state index contributed by atoms with van der Waals surface area (Å²) < 4.78 is 2.10. The van der Waals surface area contributed by atoms with Crippen LogP contribution in [0.15, 0.2) is 21.8 Å². The third-order valence-corrected chi connectivity index (χ3v) is 4.42. The van der Waals surface area contributed by atoms with E-state index in [1.807, 2.05) is 0 Å². The Morgan fingerprint density at radius 3 is 3.00 bits per heavy atom. The number of hydrogen-bond acceptors (Lipinski definition) is 5. The molecule has 19 heavy (non-hydrogen) atoms. The molecule has 0 unspecified atom stereocenters. The molecule has 2 aromatic heterocycles. The van der Waals surface area contributed by atoms with Crippen molar-refractivity contribution in [2.75, 3.05) is 11.9 Å². The zero-order chi connectivity index (χ0) is 13.8. The summed E-state index contributed by atoms with van der Waals surface area (Å²) in [6, 6.07) is 0. The Morgan fingerprint density at radius 1 is 1.47 bits per heavy atom. The highest BCUT2D eigenvalue weighted by Crippen LogP contribution is 2.18. The quantitative estimate of drug-likeness (QED) is 0.907. The summed E-state index contributed by atoms with van der Waals surface area (Å²) in [5, 5.41) is 4.12. The standard InChI is InChI=1S/C12H15BrN4OS/c1-3-4-14-12-15-5-9(19-12)6-17-7-16-8(2)10(13)11(17)18/h5,7H,3-4,6H2,1-2H3,(H,14,15). The zero-order valence-corrected chi connectivity index (χ0v) is 13.2. The Kier molecular flexibility index (Phi) is 4.71. The van der Waals surface area contributed by atoms with Gasteiger partial charge in [-0.25, -0.2) is 9.97 Å². The van der Waals surface area contributed by atoms with Crippen LogP contribution in [-0.2, 0) is 6.54 Å². The second kappa shape index (κ2) is 6.29. The smallest absolute Gasteiger partial charge is 0.268 e. The van der Waals surface area contributed by atoms with Gasteiger partial charge in [-0.05, 0) is 29.3 Å². The topological polar surface area (TPSA) is 59.8 Å². The predicted molar refractivity (Wildman–Crippen MR) is 80.9 cm³/mol. The van der Waals surface area contributed by atoms with Crippen molar-refractivity contribution < 1.29 is 0 Å². The number of aromatic nitrogens is 3. The molecule has 0 bridgehead atoms. The number of rotatable bonds is 5. The van der Waals surface area contributed by atoms with Gasteiger partial charge in [-0.1, -0.05) is 6.92 Å². The summed E-state index contributed by atoms with van der Waals surface area (Å²) in [6.07, 6.45) is 4.42. The normalized spacial score (nSPS) is 10.7. The van der Waals surface area contributed by atoms with E-state index in [0.717, 1.165) is 23.0 Å². The second-order valence-corrected chi connectivity index (χ2v) is 6.04. The third kappa shape index (κ3) is 3.42. The van der Waals surface area contributed by atoms with Crippen LogP contribution in [0.2, 0.25) is 0 Å². The summed E-state index contributed by atoms with van der Waals surface area (Å²) in [7, 11) is 0. The predicted octanol–water partition coefficient (Wildman–Crippen LogP) is 2.64. The van der Waals surface area contributed by atoms with Crippen LogP contribution in [0.5, 0.6) is 0 Å². The van der Waals surface area contributed by atoms with E-state index >= 15 is 0 Å². The van der Waals surface area contributed by atoms with E-state index in [1.165, 1.54) is 0 Å². The molecule has 2 rings (SSSR count). The summed E-state index contributed by atoms with van der Waals surface area (Å²) in [6.45, 7) is 5.31. The van der Waals surface area contributed by atoms with Crippen LogP contribution in [0.1, 0.15) is 23.9 Å². The molecule has 0 aliphatic carbocycles. The lowest BCUT2D eigenvalue weighted by Crippen LogP contribution is -2.22. The minimum atomic E-state index is -0.0658. The van der Waals surface area contributed by atoms with Gasteiger partial charge in [-0.2, -0.15) is 0 Å². The molecule has 102 valence electrons. The number of nitrogens with zero attached hydrogens (tertiary/aromatic N) is 3. The molecule has 0 saturated heterocycles. The third-order valence-electron chi connectivity index (χ3n) is 2.56. The number of aryl methyl sites for hydroxylation is 1. The lowest BCUT2D eigenvalue weighted by molar-refractivity contribution is 0.732. The number of thiazole rings is 1. The van der Waals surface area contributed by atoms with Gasteiger partial charge in [0.05, 0.1) is 18.6 Å². The van der Waals surface area contributed by atoms with E-state index in [-0.39, 0.29) is 5.56 Å². The Balaban J connectivity index is 2.15. The molecule has 2 aromatic rings. The average Bonchev–Trinajstić information content (AvgIpc) is 2.85. The number of halogens is 1. The first kappa shape index (κ1) is 14.2. The van der Waals surface area contributed by atoms with E-state index < -0.39 is 0 Å². The molecule has 5 nitrogen and oxygen atoms in total. The lowest BCUT2D eigenvalue weighted by atomic mass is 10.4. The number of anilines is 1. The Morgan fingerprint density at radius 2 is 2.26 bits per heavy atom. The van der Waals surface area contributed by atoms with Crippen LogP contribution < -0.4 is 10.9 Å². The van der Waals surface area contributed by atoms with Crippen LogP contribution >= 0.6 is 27.3 Å². The average molecular weight is 343 g/mol. The van der Waals surface area contributed by atoms with Gasteiger partial charge in [0, 0.05) is 17.6 Å². The van der Waals surface area contributed by atoms with Crippen molar-refractivity contribution in [1.29, 1.82) is 0 Å². The molecule has 2 heterocycles. The highest BCUT2D eigenvalue weighted by atomic mass is 79.9. The maximum Gasteiger partial charge on any atom is 0.268 e. The molecule has 0 spiro atoms. The molecule has 0 fully saturated rings. The van der Waals surface area contributed by atoms with E-state index in [9.17, 15) is 4.79 Å². The van der Waals surface area contributed by atoms with Crippen molar-refractivity contribution in [1.82, 2.24) is 14.5 Å². The maximum atomic E-state index is 12.0. The van der Waals surface area contributed by atoms with Crippen LogP contribution in [0.3, 0.4) is 0 Å².